The van der Waals surface area contributed by atoms with E-state index in [0.29, 0.717) is 24.5 Å². The molecule has 3 heteroatoms. The van der Waals surface area contributed by atoms with Crippen molar-refractivity contribution in [2.75, 3.05) is 11.9 Å². The molecule has 1 heterocycles. The van der Waals surface area contributed by atoms with Gasteiger partial charge in [0.1, 0.15) is 12.4 Å². The van der Waals surface area contributed by atoms with Crippen LogP contribution in [0, 0.1) is 5.92 Å². The van der Waals surface area contributed by atoms with Gasteiger partial charge in [0.2, 0.25) is 0 Å². The lowest BCUT2D eigenvalue weighted by molar-refractivity contribution is 0.363. The molecule has 1 aliphatic carbocycles. The van der Waals surface area contributed by atoms with Crippen molar-refractivity contribution in [1.82, 2.24) is 0 Å². The molecule has 3 atom stereocenters. The van der Waals surface area contributed by atoms with E-state index >= 15 is 0 Å². The van der Waals surface area contributed by atoms with Crippen molar-refractivity contribution in [3.05, 3.63) is 126 Å². The highest BCUT2D eigenvalue weighted by molar-refractivity contribution is 6.03. The van der Waals surface area contributed by atoms with Crippen LogP contribution in [0.4, 0.5) is 11.4 Å². The molecule has 0 radical (unpaired) electrons. The second-order valence-electron chi connectivity index (χ2n) is 9.21. The molecule has 0 fully saturated rings. The third-order valence-corrected chi connectivity index (χ3v) is 7.15. The minimum absolute atomic E-state index is 0.292. The van der Waals surface area contributed by atoms with Crippen LogP contribution >= 0.6 is 0 Å². The summed E-state index contributed by atoms with van der Waals surface area (Å²) in [7, 11) is 0. The van der Waals surface area contributed by atoms with Gasteiger partial charge in [0, 0.05) is 23.4 Å². The van der Waals surface area contributed by atoms with Crippen LogP contribution in [0.2, 0.25) is 0 Å². The molecule has 0 aromatic heterocycles. The average Bonchev–Trinajstić information content (AvgIpc) is 3.41. The Labute approximate surface area is 206 Å². The highest BCUT2D eigenvalue weighted by Gasteiger charge is 2.37. The molecule has 1 aliphatic heterocycles. The van der Waals surface area contributed by atoms with Gasteiger partial charge < -0.3 is 10.1 Å². The van der Waals surface area contributed by atoms with Crippen LogP contribution in [-0.2, 0) is 0 Å². The topological polar surface area (TPSA) is 33.6 Å². The first-order valence-corrected chi connectivity index (χ1v) is 12.2. The van der Waals surface area contributed by atoms with Crippen molar-refractivity contribution < 1.29 is 4.74 Å². The molecule has 6 rings (SSSR count). The minimum Gasteiger partial charge on any atom is -0.489 e. The summed E-state index contributed by atoms with van der Waals surface area (Å²) >= 11 is 0. The number of hydrogen-bond acceptors (Lipinski definition) is 3. The standard InChI is InChI=1S/C32H28N2O/c1-2-20-35-31-19-16-22-8-3-4-9-25(22)29(31)21-33-24-17-14-23(15-18-24)32-28-12-7-11-26(28)27-10-5-6-13-30(27)34-32/h2-11,13-19,21,26,28,32,34H,1,12,20H2/t26-,28-,32+/m1/s1. The molecule has 4 aromatic rings. The molecular formula is C32H28N2O. The summed E-state index contributed by atoms with van der Waals surface area (Å²) in [6.07, 6.45) is 9.50. The van der Waals surface area contributed by atoms with Crippen molar-refractivity contribution in [1.29, 1.82) is 0 Å². The number of allylic oxidation sites excluding steroid dienone is 2. The van der Waals surface area contributed by atoms with E-state index < -0.39 is 0 Å². The minimum atomic E-state index is 0.292. The zero-order valence-corrected chi connectivity index (χ0v) is 19.6. The number of hydrogen-bond donors (Lipinski definition) is 1. The van der Waals surface area contributed by atoms with E-state index in [1.54, 1.807) is 6.08 Å². The van der Waals surface area contributed by atoms with E-state index in [-0.39, 0.29) is 0 Å². The van der Waals surface area contributed by atoms with Crippen LogP contribution in [0.15, 0.2) is 115 Å². The molecule has 35 heavy (non-hydrogen) atoms. The van der Waals surface area contributed by atoms with E-state index in [9.17, 15) is 0 Å². The maximum Gasteiger partial charge on any atom is 0.129 e. The Bertz CT molecular complexity index is 1430. The maximum absolute atomic E-state index is 5.93. The van der Waals surface area contributed by atoms with Crippen LogP contribution in [0.5, 0.6) is 5.75 Å². The van der Waals surface area contributed by atoms with E-state index in [4.69, 9.17) is 9.73 Å². The van der Waals surface area contributed by atoms with E-state index in [0.717, 1.165) is 28.8 Å². The predicted molar refractivity (Wildman–Crippen MR) is 146 cm³/mol. The molecule has 1 N–H and O–H groups in total. The molecular weight excluding hydrogens is 428 g/mol. The summed E-state index contributed by atoms with van der Waals surface area (Å²) in [5, 5.41) is 6.10. The van der Waals surface area contributed by atoms with E-state index in [1.165, 1.54) is 22.2 Å². The lowest BCUT2D eigenvalue weighted by Crippen LogP contribution is -2.28. The highest BCUT2D eigenvalue weighted by atomic mass is 16.5. The van der Waals surface area contributed by atoms with Crippen LogP contribution < -0.4 is 10.1 Å². The normalized spacial score (nSPS) is 20.4. The smallest absolute Gasteiger partial charge is 0.129 e. The molecule has 3 nitrogen and oxygen atoms in total. The van der Waals surface area contributed by atoms with Crippen molar-refractivity contribution in [3.63, 3.8) is 0 Å². The van der Waals surface area contributed by atoms with E-state index in [1.807, 2.05) is 24.4 Å². The van der Waals surface area contributed by atoms with Crippen LogP contribution in [0.1, 0.15) is 35.1 Å². The lowest BCUT2D eigenvalue weighted by Gasteiger charge is -2.37. The Morgan fingerprint density at radius 3 is 2.66 bits per heavy atom. The SMILES string of the molecule is C=CCOc1ccc2ccccc2c1C=Nc1ccc([C@@H]2Nc3ccccc3[C@H]3C=CC[C@H]32)cc1. The summed E-state index contributed by atoms with van der Waals surface area (Å²) in [6, 6.07) is 30.1. The summed E-state index contributed by atoms with van der Waals surface area (Å²) in [6.45, 7) is 4.23. The zero-order valence-electron chi connectivity index (χ0n) is 19.6. The second kappa shape index (κ2) is 9.27. The molecule has 0 spiro atoms. The summed E-state index contributed by atoms with van der Waals surface area (Å²) in [4.78, 5) is 4.82. The number of benzene rings is 4. The monoisotopic (exact) mass is 456 g/mol. The van der Waals surface area contributed by atoms with Gasteiger partial charge in [-0.1, -0.05) is 85.5 Å². The quantitative estimate of drug-likeness (QED) is 0.236. The number of anilines is 1. The van der Waals surface area contributed by atoms with Gasteiger partial charge in [-0.2, -0.15) is 0 Å². The molecule has 2 aliphatic rings. The fourth-order valence-corrected chi connectivity index (χ4v) is 5.46. The number of rotatable bonds is 6. The van der Waals surface area contributed by atoms with Crippen molar-refractivity contribution >= 4 is 28.4 Å². The van der Waals surface area contributed by atoms with Gasteiger partial charge in [0.25, 0.3) is 0 Å². The van der Waals surface area contributed by atoms with Crippen LogP contribution in [0.25, 0.3) is 10.8 Å². The molecule has 172 valence electrons. The lowest BCUT2D eigenvalue weighted by atomic mass is 9.77. The predicted octanol–water partition coefficient (Wildman–Crippen LogP) is 7.98. The maximum atomic E-state index is 5.93. The number of aliphatic imine (C=N–C) groups is 1. The Morgan fingerprint density at radius 2 is 1.77 bits per heavy atom. The summed E-state index contributed by atoms with van der Waals surface area (Å²) in [5.41, 5.74) is 5.87. The largest absolute Gasteiger partial charge is 0.489 e. The first-order valence-electron chi connectivity index (χ1n) is 12.2. The molecule has 0 saturated carbocycles. The first-order chi connectivity index (χ1) is 17.3. The van der Waals surface area contributed by atoms with Gasteiger partial charge in [-0.05, 0) is 58.5 Å². The fourth-order valence-electron chi connectivity index (χ4n) is 5.46. The van der Waals surface area contributed by atoms with Crippen molar-refractivity contribution in [3.8, 4) is 5.75 Å². The van der Waals surface area contributed by atoms with Crippen LogP contribution in [0.3, 0.4) is 0 Å². The Hall–Kier alpha value is -4.11. The number of ether oxygens (including phenoxy) is 1. The van der Waals surface area contributed by atoms with Crippen LogP contribution in [-0.4, -0.2) is 12.8 Å². The highest BCUT2D eigenvalue weighted by Crippen LogP contribution is 2.49. The molecule has 4 aromatic carbocycles. The fraction of sp³-hybridized carbons (Fsp3) is 0.156. The summed E-state index contributed by atoms with van der Waals surface area (Å²) in [5.74, 6) is 1.84. The molecule has 0 saturated heterocycles. The molecule has 0 amide bonds. The Kier molecular flexibility index (Phi) is 5.67. The third-order valence-electron chi connectivity index (χ3n) is 7.15. The summed E-state index contributed by atoms with van der Waals surface area (Å²) < 4.78 is 5.93. The zero-order chi connectivity index (χ0) is 23.6. The van der Waals surface area contributed by atoms with Gasteiger partial charge in [-0.25, -0.2) is 0 Å². The van der Waals surface area contributed by atoms with Gasteiger partial charge in [0.05, 0.1) is 11.7 Å². The van der Waals surface area contributed by atoms with Gasteiger partial charge in [-0.15, -0.1) is 0 Å². The second-order valence-corrected chi connectivity index (χ2v) is 9.21. The van der Waals surface area contributed by atoms with Crippen molar-refractivity contribution in [2.24, 2.45) is 10.9 Å². The number of nitrogens with zero attached hydrogens (tertiary/aromatic N) is 1. The van der Waals surface area contributed by atoms with Gasteiger partial charge >= 0.3 is 0 Å². The van der Waals surface area contributed by atoms with Gasteiger partial charge in [-0.3, -0.25) is 4.99 Å². The molecule has 0 unspecified atom stereocenters. The molecule has 0 bridgehead atoms. The van der Waals surface area contributed by atoms with Crippen molar-refractivity contribution in [2.45, 2.75) is 18.4 Å². The van der Waals surface area contributed by atoms with E-state index in [2.05, 4.69) is 90.8 Å². The average molecular weight is 457 g/mol. The number of fused-ring (bicyclic) bond motifs is 4. The Morgan fingerprint density at radius 1 is 0.943 bits per heavy atom. The number of nitrogens with one attached hydrogen (secondary N) is 1. The number of para-hydroxylation sites is 1. The first kappa shape index (κ1) is 21.4. The van der Waals surface area contributed by atoms with Gasteiger partial charge in [0.15, 0.2) is 0 Å². The third kappa shape index (κ3) is 4.04. The Balaban J connectivity index is 1.28.